The van der Waals surface area contributed by atoms with E-state index in [9.17, 15) is 9.59 Å². The summed E-state index contributed by atoms with van der Waals surface area (Å²) in [5.74, 6) is -1.57. The molecule has 0 aliphatic rings. The summed E-state index contributed by atoms with van der Waals surface area (Å²) < 4.78 is 4.81. The zero-order valence-corrected chi connectivity index (χ0v) is 11.4. The molecule has 0 aromatic heterocycles. The number of nitrogens with one attached hydrogen (secondary N) is 1. The number of amides is 1. The molecule has 1 unspecified atom stereocenters. The van der Waals surface area contributed by atoms with Gasteiger partial charge in [-0.2, -0.15) is 0 Å². The van der Waals surface area contributed by atoms with Crippen LogP contribution in [0.25, 0.3) is 0 Å². The van der Waals surface area contributed by atoms with Crippen LogP contribution >= 0.6 is 0 Å². The SMILES string of the molecule is COCCC(NC(=O)[C@H](N)Cc1ccccc1)C(=O)O. The number of methoxy groups -OCH3 is 1. The number of carbonyl (C=O) groups is 2. The lowest BCUT2D eigenvalue weighted by Crippen LogP contribution is -2.49. The van der Waals surface area contributed by atoms with Crippen molar-refractivity contribution in [2.24, 2.45) is 5.73 Å². The maximum absolute atomic E-state index is 11.9. The van der Waals surface area contributed by atoms with E-state index >= 15 is 0 Å². The highest BCUT2D eigenvalue weighted by molar-refractivity contribution is 5.86. The largest absolute Gasteiger partial charge is 0.480 e. The monoisotopic (exact) mass is 280 g/mol. The van der Waals surface area contributed by atoms with Gasteiger partial charge < -0.3 is 20.9 Å². The van der Waals surface area contributed by atoms with Gasteiger partial charge in [0.05, 0.1) is 6.04 Å². The van der Waals surface area contributed by atoms with Crippen LogP contribution in [0, 0.1) is 0 Å². The van der Waals surface area contributed by atoms with Gasteiger partial charge in [0.25, 0.3) is 0 Å². The Kier molecular flexibility index (Phi) is 6.69. The Balaban J connectivity index is 2.53. The standard InChI is InChI=1S/C14H20N2O4/c1-20-8-7-12(14(18)19)16-13(17)11(15)9-10-5-3-2-4-6-10/h2-6,11-12H,7-9,15H2,1H3,(H,16,17)(H,18,19)/t11-,12?/m1/s1. The molecule has 1 amide bonds. The van der Waals surface area contributed by atoms with Gasteiger partial charge in [-0.05, 0) is 12.0 Å². The fraction of sp³-hybridized carbons (Fsp3) is 0.429. The lowest BCUT2D eigenvalue weighted by molar-refractivity contribution is -0.142. The first-order chi connectivity index (χ1) is 9.54. The minimum Gasteiger partial charge on any atom is -0.480 e. The predicted octanol–water partition coefficient (Wildman–Crippen LogP) is 0.162. The van der Waals surface area contributed by atoms with Crippen molar-refractivity contribution in [3.8, 4) is 0 Å². The Morgan fingerprint density at radius 2 is 2.00 bits per heavy atom. The molecule has 110 valence electrons. The predicted molar refractivity (Wildman–Crippen MR) is 74.2 cm³/mol. The van der Waals surface area contributed by atoms with E-state index < -0.39 is 24.0 Å². The quantitative estimate of drug-likeness (QED) is 0.629. The van der Waals surface area contributed by atoms with Crippen molar-refractivity contribution in [3.63, 3.8) is 0 Å². The maximum Gasteiger partial charge on any atom is 0.326 e. The fourth-order valence-corrected chi connectivity index (χ4v) is 1.73. The molecular formula is C14H20N2O4. The first kappa shape index (κ1) is 16.1. The van der Waals surface area contributed by atoms with E-state index in [1.165, 1.54) is 7.11 Å². The van der Waals surface area contributed by atoms with Gasteiger partial charge in [0.15, 0.2) is 0 Å². The molecule has 2 atom stereocenters. The molecule has 6 nitrogen and oxygen atoms in total. The van der Waals surface area contributed by atoms with Crippen molar-refractivity contribution < 1.29 is 19.4 Å². The summed E-state index contributed by atoms with van der Waals surface area (Å²) in [6.45, 7) is 0.255. The molecule has 0 fully saturated rings. The van der Waals surface area contributed by atoms with Crippen LogP contribution in [0.15, 0.2) is 30.3 Å². The van der Waals surface area contributed by atoms with Crippen molar-refractivity contribution in [2.45, 2.75) is 24.9 Å². The summed E-state index contributed by atoms with van der Waals surface area (Å²) in [6, 6.07) is 7.57. The van der Waals surface area contributed by atoms with Gasteiger partial charge in [-0.25, -0.2) is 4.79 Å². The van der Waals surface area contributed by atoms with Gasteiger partial charge in [-0.15, -0.1) is 0 Å². The van der Waals surface area contributed by atoms with E-state index in [2.05, 4.69) is 5.32 Å². The third kappa shape index (κ3) is 5.38. The van der Waals surface area contributed by atoms with E-state index in [1.54, 1.807) is 0 Å². The van der Waals surface area contributed by atoms with Crippen molar-refractivity contribution >= 4 is 11.9 Å². The van der Waals surface area contributed by atoms with Gasteiger partial charge in [0.2, 0.25) is 5.91 Å². The molecule has 0 spiro atoms. The number of carboxylic acid groups (broad SMARTS) is 1. The minimum absolute atomic E-state index is 0.204. The highest BCUT2D eigenvalue weighted by atomic mass is 16.5. The number of hydrogen-bond donors (Lipinski definition) is 3. The average molecular weight is 280 g/mol. The third-order valence-corrected chi connectivity index (χ3v) is 2.86. The van der Waals surface area contributed by atoms with Crippen LogP contribution in [-0.4, -0.2) is 42.8 Å². The first-order valence-electron chi connectivity index (χ1n) is 6.36. The molecule has 1 aromatic rings. The zero-order chi connectivity index (χ0) is 15.0. The van der Waals surface area contributed by atoms with Gasteiger partial charge in [0.1, 0.15) is 6.04 Å². The second-order valence-electron chi connectivity index (χ2n) is 4.48. The van der Waals surface area contributed by atoms with E-state index in [0.29, 0.717) is 6.42 Å². The van der Waals surface area contributed by atoms with Gasteiger partial charge in [-0.3, -0.25) is 4.79 Å². The average Bonchev–Trinajstić information content (AvgIpc) is 2.43. The third-order valence-electron chi connectivity index (χ3n) is 2.86. The molecule has 0 saturated heterocycles. The Morgan fingerprint density at radius 1 is 1.35 bits per heavy atom. The summed E-state index contributed by atoms with van der Waals surface area (Å²) in [5, 5.41) is 11.4. The van der Waals surface area contributed by atoms with Crippen molar-refractivity contribution in [1.29, 1.82) is 0 Å². The second-order valence-corrected chi connectivity index (χ2v) is 4.48. The van der Waals surface area contributed by atoms with Gasteiger partial charge >= 0.3 is 5.97 Å². The molecule has 0 saturated carbocycles. The van der Waals surface area contributed by atoms with Crippen molar-refractivity contribution in [1.82, 2.24) is 5.32 Å². The molecule has 4 N–H and O–H groups in total. The van der Waals surface area contributed by atoms with Crippen LogP contribution in [0.4, 0.5) is 0 Å². The summed E-state index contributed by atoms with van der Waals surface area (Å²) in [5.41, 5.74) is 6.72. The highest BCUT2D eigenvalue weighted by Gasteiger charge is 2.23. The van der Waals surface area contributed by atoms with E-state index in [4.69, 9.17) is 15.6 Å². The highest BCUT2D eigenvalue weighted by Crippen LogP contribution is 2.03. The Hall–Kier alpha value is -1.92. The van der Waals surface area contributed by atoms with Gasteiger partial charge in [-0.1, -0.05) is 30.3 Å². The van der Waals surface area contributed by atoms with Crippen molar-refractivity contribution in [3.05, 3.63) is 35.9 Å². The van der Waals surface area contributed by atoms with Crippen LogP contribution in [0.1, 0.15) is 12.0 Å². The number of nitrogens with two attached hydrogens (primary N) is 1. The van der Waals surface area contributed by atoms with E-state index in [0.717, 1.165) is 5.56 Å². The molecule has 1 aromatic carbocycles. The smallest absolute Gasteiger partial charge is 0.326 e. The Morgan fingerprint density at radius 3 is 2.55 bits per heavy atom. The molecule has 1 rings (SSSR count). The van der Waals surface area contributed by atoms with Crippen LogP contribution in [0.2, 0.25) is 0 Å². The minimum atomic E-state index is -1.10. The lowest BCUT2D eigenvalue weighted by atomic mass is 10.1. The van der Waals surface area contributed by atoms with Crippen LogP contribution in [0.3, 0.4) is 0 Å². The normalized spacial score (nSPS) is 13.5. The number of rotatable bonds is 8. The van der Waals surface area contributed by atoms with E-state index in [1.807, 2.05) is 30.3 Å². The summed E-state index contributed by atoms with van der Waals surface area (Å²) in [4.78, 5) is 22.9. The molecule has 6 heteroatoms. The first-order valence-corrected chi connectivity index (χ1v) is 6.36. The summed E-state index contributed by atoms with van der Waals surface area (Å²) in [7, 11) is 1.47. The Labute approximate surface area is 117 Å². The Bertz CT molecular complexity index is 436. The number of aliphatic carboxylic acids is 1. The van der Waals surface area contributed by atoms with Crippen LogP contribution in [0.5, 0.6) is 0 Å². The molecule has 0 radical (unpaired) electrons. The fourth-order valence-electron chi connectivity index (χ4n) is 1.73. The summed E-state index contributed by atoms with van der Waals surface area (Å²) in [6.07, 6.45) is 0.568. The number of hydrogen-bond acceptors (Lipinski definition) is 4. The number of carboxylic acids is 1. The van der Waals surface area contributed by atoms with E-state index in [-0.39, 0.29) is 13.0 Å². The number of benzene rings is 1. The molecule has 0 aliphatic heterocycles. The lowest BCUT2D eigenvalue weighted by Gasteiger charge is -2.17. The molecule has 0 bridgehead atoms. The van der Waals surface area contributed by atoms with Gasteiger partial charge in [0, 0.05) is 20.1 Å². The molecular weight excluding hydrogens is 260 g/mol. The van der Waals surface area contributed by atoms with Crippen LogP contribution in [-0.2, 0) is 20.7 Å². The molecule has 0 aliphatic carbocycles. The van der Waals surface area contributed by atoms with Crippen LogP contribution < -0.4 is 11.1 Å². The number of carbonyl (C=O) groups excluding carboxylic acids is 1. The maximum atomic E-state index is 11.9. The number of ether oxygens (including phenoxy) is 1. The summed E-state index contributed by atoms with van der Waals surface area (Å²) >= 11 is 0. The topological polar surface area (TPSA) is 102 Å². The molecule has 0 heterocycles. The van der Waals surface area contributed by atoms with Crippen molar-refractivity contribution in [2.75, 3.05) is 13.7 Å². The molecule has 20 heavy (non-hydrogen) atoms. The zero-order valence-electron chi connectivity index (χ0n) is 11.4. The second kappa shape index (κ2) is 8.29.